The molecule has 8 nitrogen and oxygen atoms in total. The van der Waals surface area contributed by atoms with Gasteiger partial charge in [-0.25, -0.2) is 8.42 Å². The monoisotopic (exact) mass is 667 g/mol. The van der Waals surface area contributed by atoms with Crippen LogP contribution in [0, 0.1) is 6.92 Å². The molecule has 1 N–H and O–H groups in total. The summed E-state index contributed by atoms with van der Waals surface area (Å²) in [5.74, 6) is -0.712. The molecule has 11 heteroatoms. The van der Waals surface area contributed by atoms with Crippen LogP contribution in [-0.4, -0.2) is 51.4 Å². The van der Waals surface area contributed by atoms with Crippen LogP contribution in [0.25, 0.3) is 0 Å². The van der Waals surface area contributed by atoms with E-state index in [1.165, 1.54) is 24.1 Å². The van der Waals surface area contributed by atoms with Crippen molar-refractivity contribution in [2.24, 2.45) is 0 Å². The maximum absolute atomic E-state index is 14.5. The Kier molecular flexibility index (Phi) is 11.5. The van der Waals surface area contributed by atoms with Crippen molar-refractivity contribution in [3.63, 3.8) is 0 Å². The molecule has 45 heavy (non-hydrogen) atoms. The number of carbonyl (C=O) groups is 2. The Balaban J connectivity index is 1.83. The number of carbonyl (C=O) groups excluding carboxylic acids is 2. The minimum atomic E-state index is -4.27. The molecule has 0 fully saturated rings. The summed E-state index contributed by atoms with van der Waals surface area (Å²) in [6, 6.07) is 26.3. The van der Waals surface area contributed by atoms with Gasteiger partial charge in [0.05, 0.1) is 27.7 Å². The summed E-state index contributed by atoms with van der Waals surface area (Å²) in [6.45, 7) is 3.35. The Morgan fingerprint density at radius 2 is 1.53 bits per heavy atom. The van der Waals surface area contributed by atoms with Gasteiger partial charge in [0, 0.05) is 19.5 Å². The first-order valence-corrected chi connectivity index (χ1v) is 16.5. The van der Waals surface area contributed by atoms with Gasteiger partial charge in [-0.2, -0.15) is 0 Å². The van der Waals surface area contributed by atoms with Gasteiger partial charge >= 0.3 is 0 Å². The largest absolute Gasteiger partial charge is 0.495 e. The van der Waals surface area contributed by atoms with Crippen LogP contribution in [-0.2, 0) is 32.6 Å². The summed E-state index contributed by atoms with van der Waals surface area (Å²) >= 11 is 12.5. The lowest BCUT2D eigenvalue weighted by atomic mass is 10.0. The normalized spacial score (nSPS) is 11.8. The summed E-state index contributed by atoms with van der Waals surface area (Å²) in [7, 11) is -2.84. The SMILES string of the molecule is CCNC(=O)C(Cc1ccccc1)N(Cc1ccc(Cl)c(Cl)c1)C(=O)CN(c1ccccc1OC)S(=O)(=O)c1ccc(C)cc1. The fraction of sp³-hybridized carbons (Fsp3) is 0.235. The molecule has 0 spiro atoms. The molecule has 0 saturated heterocycles. The number of aryl methyl sites for hydroxylation is 1. The summed E-state index contributed by atoms with van der Waals surface area (Å²) in [6.07, 6.45) is 0.194. The molecule has 0 aliphatic carbocycles. The molecular formula is C34H35Cl2N3O5S. The van der Waals surface area contributed by atoms with Crippen LogP contribution >= 0.6 is 23.2 Å². The van der Waals surface area contributed by atoms with E-state index >= 15 is 0 Å². The molecule has 4 rings (SSSR count). The van der Waals surface area contributed by atoms with Gasteiger partial charge in [-0.1, -0.05) is 89.4 Å². The number of sulfonamides is 1. The molecule has 4 aromatic carbocycles. The molecule has 0 bridgehead atoms. The number of hydrogen-bond donors (Lipinski definition) is 1. The van der Waals surface area contributed by atoms with Crippen molar-refractivity contribution in [1.29, 1.82) is 0 Å². The fourth-order valence-corrected chi connectivity index (χ4v) is 6.61. The first-order valence-electron chi connectivity index (χ1n) is 14.3. The highest BCUT2D eigenvalue weighted by Gasteiger charge is 2.35. The molecule has 0 radical (unpaired) electrons. The van der Waals surface area contributed by atoms with Crippen molar-refractivity contribution in [2.45, 2.75) is 37.8 Å². The van der Waals surface area contributed by atoms with Gasteiger partial charge in [0.2, 0.25) is 11.8 Å². The van der Waals surface area contributed by atoms with Crippen LogP contribution in [0.5, 0.6) is 5.75 Å². The van der Waals surface area contributed by atoms with E-state index in [-0.39, 0.29) is 40.2 Å². The molecule has 0 heterocycles. The van der Waals surface area contributed by atoms with Crippen LogP contribution in [0.15, 0.2) is 102 Å². The molecular weight excluding hydrogens is 633 g/mol. The number of halogens is 2. The number of para-hydroxylation sites is 2. The number of ether oxygens (including phenoxy) is 1. The maximum atomic E-state index is 14.5. The Hall–Kier alpha value is -4.05. The van der Waals surface area contributed by atoms with Gasteiger partial charge < -0.3 is 15.0 Å². The van der Waals surface area contributed by atoms with Gasteiger partial charge in [-0.05, 0) is 61.4 Å². The van der Waals surface area contributed by atoms with Crippen LogP contribution in [0.1, 0.15) is 23.6 Å². The maximum Gasteiger partial charge on any atom is 0.264 e. The van der Waals surface area contributed by atoms with Gasteiger partial charge in [-0.15, -0.1) is 0 Å². The lowest BCUT2D eigenvalue weighted by Crippen LogP contribution is -2.53. The molecule has 1 atom stereocenters. The van der Waals surface area contributed by atoms with Crippen LogP contribution < -0.4 is 14.4 Å². The van der Waals surface area contributed by atoms with E-state index in [0.717, 1.165) is 15.4 Å². The molecule has 1 unspecified atom stereocenters. The van der Waals surface area contributed by atoms with E-state index in [1.54, 1.807) is 61.5 Å². The number of amides is 2. The van der Waals surface area contributed by atoms with E-state index in [4.69, 9.17) is 27.9 Å². The third-order valence-electron chi connectivity index (χ3n) is 7.20. The standard InChI is InChI=1S/C34H35Cl2N3O5S/c1-4-37-34(41)31(21-25-10-6-5-7-11-25)38(22-26-16-19-28(35)29(36)20-26)33(40)23-39(30-12-8-9-13-32(30)44-3)45(42,43)27-17-14-24(2)15-18-27/h5-20,31H,4,21-23H2,1-3H3,(H,37,41). The molecule has 0 saturated carbocycles. The Labute approximate surface area is 274 Å². The molecule has 0 aromatic heterocycles. The van der Waals surface area contributed by atoms with E-state index in [9.17, 15) is 18.0 Å². The highest BCUT2D eigenvalue weighted by molar-refractivity contribution is 7.92. The number of benzene rings is 4. The highest BCUT2D eigenvalue weighted by atomic mass is 35.5. The molecule has 236 valence electrons. The topological polar surface area (TPSA) is 96.0 Å². The summed E-state index contributed by atoms with van der Waals surface area (Å²) in [5.41, 5.74) is 2.51. The van der Waals surface area contributed by atoms with Gasteiger partial charge in [0.25, 0.3) is 10.0 Å². The van der Waals surface area contributed by atoms with Gasteiger partial charge in [0.1, 0.15) is 18.3 Å². The number of methoxy groups -OCH3 is 1. The number of nitrogens with zero attached hydrogens (tertiary/aromatic N) is 2. The van der Waals surface area contributed by atoms with E-state index < -0.39 is 28.5 Å². The second-order valence-electron chi connectivity index (χ2n) is 10.4. The number of rotatable bonds is 13. The first kappa shape index (κ1) is 33.8. The van der Waals surface area contributed by atoms with E-state index in [2.05, 4.69) is 5.32 Å². The molecule has 2 amide bonds. The number of hydrogen-bond acceptors (Lipinski definition) is 5. The lowest BCUT2D eigenvalue weighted by Gasteiger charge is -2.34. The minimum absolute atomic E-state index is 0.00685. The van der Waals surface area contributed by atoms with Crippen molar-refractivity contribution in [3.05, 3.63) is 124 Å². The highest BCUT2D eigenvalue weighted by Crippen LogP contribution is 2.33. The van der Waals surface area contributed by atoms with Crippen molar-refractivity contribution in [3.8, 4) is 5.75 Å². The zero-order chi connectivity index (χ0) is 32.6. The third-order valence-corrected chi connectivity index (χ3v) is 9.71. The van der Waals surface area contributed by atoms with E-state index in [0.29, 0.717) is 17.1 Å². The number of likely N-dealkylation sites (N-methyl/N-ethyl adjacent to an activating group) is 1. The van der Waals surface area contributed by atoms with Crippen molar-refractivity contribution < 1.29 is 22.7 Å². The average Bonchev–Trinajstić information content (AvgIpc) is 3.03. The molecule has 0 aliphatic rings. The second-order valence-corrected chi connectivity index (χ2v) is 13.0. The predicted molar refractivity (Wildman–Crippen MR) is 178 cm³/mol. The number of nitrogens with one attached hydrogen (secondary N) is 1. The second kappa shape index (κ2) is 15.3. The fourth-order valence-electron chi connectivity index (χ4n) is 4.87. The summed E-state index contributed by atoms with van der Waals surface area (Å²) in [5, 5.41) is 3.47. The molecule has 4 aromatic rings. The predicted octanol–water partition coefficient (Wildman–Crippen LogP) is 6.28. The third kappa shape index (κ3) is 8.36. The quantitative estimate of drug-likeness (QED) is 0.181. The molecule has 0 aliphatic heterocycles. The van der Waals surface area contributed by atoms with Crippen molar-refractivity contribution in [2.75, 3.05) is 24.5 Å². The van der Waals surface area contributed by atoms with Crippen molar-refractivity contribution in [1.82, 2.24) is 10.2 Å². The Bertz CT molecular complexity index is 1730. The summed E-state index contributed by atoms with van der Waals surface area (Å²) < 4.78 is 34.9. The lowest BCUT2D eigenvalue weighted by molar-refractivity contribution is -0.140. The first-order chi connectivity index (χ1) is 21.5. The Morgan fingerprint density at radius 3 is 2.18 bits per heavy atom. The minimum Gasteiger partial charge on any atom is -0.495 e. The van der Waals surface area contributed by atoms with Crippen LogP contribution in [0.4, 0.5) is 5.69 Å². The van der Waals surface area contributed by atoms with Crippen molar-refractivity contribution >= 4 is 50.7 Å². The Morgan fingerprint density at radius 1 is 0.867 bits per heavy atom. The van der Waals surface area contributed by atoms with E-state index in [1.807, 2.05) is 37.3 Å². The zero-order valence-electron chi connectivity index (χ0n) is 25.2. The zero-order valence-corrected chi connectivity index (χ0v) is 27.6. The number of anilines is 1. The van der Waals surface area contributed by atoms with Gasteiger partial charge in [-0.3, -0.25) is 13.9 Å². The van der Waals surface area contributed by atoms with Gasteiger partial charge in [0.15, 0.2) is 0 Å². The summed E-state index contributed by atoms with van der Waals surface area (Å²) in [4.78, 5) is 29.5. The van der Waals surface area contributed by atoms with Crippen LogP contribution in [0.2, 0.25) is 10.0 Å². The average molecular weight is 669 g/mol. The van der Waals surface area contributed by atoms with Crippen LogP contribution in [0.3, 0.4) is 0 Å². The smallest absolute Gasteiger partial charge is 0.264 e.